The van der Waals surface area contributed by atoms with Crippen LogP contribution in [0.1, 0.15) is 30.9 Å². The Morgan fingerprint density at radius 3 is 2.13 bits per heavy atom. The average Bonchev–Trinajstić information content (AvgIpc) is 2.73. The van der Waals surface area contributed by atoms with Gasteiger partial charge in [-0.05, 0) is 41.7 Å². The maximum Gasteiger partial charge on any atom is 0.398 e. The Morgan fingerprint density at radius 2 is 1.48 bits per heavy atom. The van der Waals surface area contributed by atoms with Crippen molar-refractivity contribution in [2.75, 3.05) is 0 Å². The fourth-order valence-electron chi connectivity index (χ4n) is 3.18. The summed E-state index contributed by atoms with van der Waals surface area (Å²) in [5.74, 6) is -4.74. The fraction of sp³-hybridized carbons (Fsp3) is 0.250. The summed E-state index contributed by atoms with van der Waals surface area (Å²) in [4.78, 5) is 0. The number of alkyl halides is 2. The molecule has 3 aromatic carbocycles. The number of ether oxygens (including phenoxy) is 1. The van der Waals surface area contributed by atoms with Gasteiger partial charge in [0.2, 0.25) is 0 Å². The molecule has 0 saturated heterocycles. The Hall–Kier alpha value is -2.96. The maximum absolute atomic E-state index is 14.4. The first-order valence-electron chi connectivity index (χ1n) is 9.78. The van der Waals surface area contributed by atoms with E-state index in [2.05, 4.69) is 4.74 Å². The van der Waals surface area contributed by atoms with Crippen LogP contribution in [-0.4, -0.2) is 6.11 Å². The average molecular weight is 438 g/mol. The summed E-state index contributed by atoms with van der Waals surface area (Å²) in [5.41, 5.74) is 1.35. The molecule has 0 aliphatic carbocycles. The SMILES string of the molecule is CCCc1ccc(-c2ccc(CCC(F)(F)Oc3ccc(F)c(F)c3)cc2)c(F)c1F. The number of aryl methyl sites for hydroxylation is 2. The number of hydrogen-bond donors (Lipinski definition) is 0. The van der Waals surface area contributed by atoms with Crippen molar-refractivity contribution in [2.45, 2.75) is 38.7 Å². The van der Waals surface area contributed by atoms with Gasteiger partial charge in [-0.3, -0.25) is 0 Å². The van der Waals surface area contributed by atoms with Crippen LogP contribution in [0.2, 0.25) is 0 Å². The zero-order valence-electron chi connectivity index (χ0n) is 16.7. The van der Waals surface area contributed by atoms with Gasteiger partial charge < -0.3 is 4.74 Å². The zero-order valence-corrected chi connectivity index (χ0v) is 16.7. The summed E-state index contributed by atoms with van der Waals surface area (Å²) in [6.45, 7) is 1.87. The van der Waals surface area contributed by atoms with Crippen LogP contribution < -0.4 is 4.74 Å². The van der Waals surface area contributed by atoms with Gasteiger partial charge >= 0.3 is 6.11 Å². The van der Waals surface area contributed by atoms with Crippen molar-refractivity contribution in [3.63, 3.8) is 0 Å². The minimum absolute atomic E-state index is 0.0801. The first kappa shape index (κ1) is 22.7. The molecule has 0 unspecified atom stereocenters. The lowest BCUT2D eigenvalue weighted by Gasteiger charge is -2.18. The van der Waals surface area contributed by atoms with Gasteiger partial charge in [0.05, 0.1) is 6.42 Å². The highest BCUT2D eigenvalue weighted by molar-refractivity contribution is 5.65. The first-order chi connectivity index (χ1) is 14.7. The smallest absolute Gasteiger partial charge is 0.398 e. The molecule has 0 aliphatic rings. The molecule has 0 aromatic heterocycles. The Bertz CT molecular complexity index is 1050. The van der Waals surface area contributed by atoms with Crippen LogP contribution in [0.5, 0.6) is 5.75 Å². The molecular weight excluding hydrogens is 418 g/mol. The van der Waals surface area contributed by atoms with Gasteiger partial charge in [0, 0.05) is 11.6 Å². The van der Waals surface area contributed by atoms with E-state index in [4.69, 9.17) is 0 Å². The van der Waals surface area contributed by atoms with E-state index >= 15 is 0 Å². The summed E-state index contributed by atoms with van der Waals surface area (Å²) < 4.78 is 87.2. The molecule has 7 heteroatoms. The van der Waals surface area contributed by atoms with Gasteiger partial charge in [-0.25, -0.2) is 17.6 Å². The van der Waals surface area contributed by atoms with Gasteiger partial charge in [0.25, 0.3) is 0 Å². The molecule has 164 valence electrons. The third-order valence-corrected chi connectivity index (χ3v) is 4.81. The zero-order chi connectivity index (χ0) is 22.6. The molecule has 3 aromatic rings. The fourth-order valence-corrected chi connectivity index (χ4v) is 3.18. The van der Waals surface area contributed by atoms with Crippen molar-refractivity contribution < 1.29 is 31.1 Å². The second kappa shape index (κ2) is 9.45. The molecular formula is C24H20F6O. The summed E-state index contributed by atoms with van der Waals surface area (Å²) in [7, 11) is 0. The summed E-state index contributed by atoms with van der Waals surface area (Å²) in [5, 5.41) is 0. The van der Waals surface area contributed by atoms with E-state index in [1.807, 2.05) is 6.92 Å². The van der Waals surface area contributed by atoms with E-state index in [0.717, 1.165) is 6.07 Å². The number of halogens is 6. The highest BCUT2D eigenvalue weighted by Gasteiger charge is 2.31. The van der Waals surface area contributed by atoms with E-state index < -0.39 is 41.5 Å². The van der Waals surface area contributed by atoms with Crippen LogP contribution in [-0.2, 0) is 12.8 Å². The van der Waals surface area contributed by atoms with Gasteiger partial charge in [0.1, 0.15) is 5.75 Å². The van der Waals surface area contributed by atoms with Gasteiger partial charge in [0.15, 0.2) is 23.3 Å². The predicted octanol–water partition coefficient (Wildman–Crippen LogP) is 7.47. The van der Waals surface area contributed by atoms with Crippen molar-refractivity contribution in [2.24, 2.45) is 0 Å². The van der Waals surface area contributed by atoms with Gasteiger partial charge in [-0.1, -0.05) is 49.7 Å². The van der Waals surface area contributed by atoms with Crippen LogP contribution in [0.4, 0.5) is 26.3 Å². The Kier molecular flexibility index (Phi) is 6.93. The normalized spacial score (nSPS) is 11.6. The van der Waals surface area contributed by atoms with Crippen molar-refractivity contribution in [1.29, 1.82) is 0 Å². The minimum atomic E-state index is -3.60. The van der Waals surface area contributed by atoms with Crippen LogP contribution >= 0.6 is 0 Å². The van der Waals surface area contributed by atoms with Crippen LogP contribution in [0.25, 0.3) is 11.1 Å². The molecule has 31 heavy (non-hydrogen) atoms. The maximum atomic E-state index is 14.4. The third kappa shape index (κ3) is 5.60. The van der Waals surface area contributed by atoms with Crippen LogP contribution in [0.15, 0.2) is 54.6 Å². The Labute approximate surface area is 176 Å². The third-order valence-electron chi connectivity index (χ3n) is 4.81. The first-order valence-corrected chi connectivity index (χ1v) is 9.78. The monoisotopic (exact) mass is 438 g/mol. The van der Waals surface area contributed by atoms with Gasteiger partial charge in [-0.15, -0.1) is 0 Å². The molecule has 0 atom stereocenters. The van der Waals surface area contributed by atoms with Gasteiger partial charge in [-0.2, -0.15) is 8.78 Å². The molecule has 0 N–H and O–H groups in total. The Morgan fingerprint density at radius 1 is 0.774 bits per heavy atom. The molecule has 0 fully saturated rings. The van der Waals surface area contributed by atoms with Crippen molar-refractivity contribution >= 4 is 0 Å². The molecule has 0 bridgehead atoms. The highest BCUT2D eigenvalue weighted by Crippen LogP contribution is 2.30. The largest absolute Gasteiger partial charge is 0.432 e. The lowest BCUT2D eigenvalue weighted by Crippen LogP contribution is -2.25. The van der Waals surface area contributed by atoms with E-state index in [1.54, 1.807) is 18.2 Å². The molecule has 3 rings (SSSR count). The number of rotatable bonds is 8. The topological polar surface area (TPSA) is 9.23 Å². The number of hydrogen-bond acceptors (Lipinski definition) is 1. The molecule has 0 aliphatic heterocycles. The van der Waals surface area contributed by atoms with Crippen LogP contribution in [0.3, 0.4) is 0 Å². The van der Waals surface area contributed by atoms with Crippen molar-refractivity contribution in [3.8, 4) is 16.9 Å². The Balaban J connectivity index is 1.66. The molecule has 0 heterocycles. The second-order valence-electron chi connectivity index (χ2n) is 7.16. The summed E-state index contributed by atoms with van der Waals surface area (Å²) >= 11 is 0. The molecule has 0 saturated carbocycles. The molecule has 1 nitrogen and oxygen atoms in total. The standard InChI is InChI=1S/C24H20F6O/c1-2-3-17-8-10-19(23(28)22(17)27)16-6-4-15(5-7-16)12-13-24(29,30)31-18-9-11-20(25)21(26)14-18/h4-11,14H,2-3,12-13H2,1H3. The van der Waals surface area contributed by atoms with Crippen molar-refractivity contribution in [3.05, 3.63) is 89.0 Å². The van der Waals surface area contributed by atoms with E-state index in [0.29, 0.717) is 41.7 Å². The van der Waals surface area contributed by atoms with Crippen LogP contribution in [0, 0.1) is 23.3 Å². The lowest BCUT2D eigenvalue weighted by molar-refractivity contribution is -0.180. The van der Waals surface area contributed by atoms with E-state index in [1.165, 1.54) is 18.2 Å². The molecule has 0 amide bonds. The van der Waals surface area contributed by atoms with E-state index in [-0.39, 0.29) is 12.0 Å². The molecule has 0 spiro atoms. The predicted molar refractivity (Wildman–Crippen MR) is 106 cm³/mol. The lowest BCUT2D eigenvalue weighted by atomic mass is 9.99. The minimum Gasteiger partial charge on any atom is -0.432 e. The molecule has 0 radical (unpaired) electrons. The second-order valence-corrected chi connectivity index (χ2v) is 7.16. The van der Waals surface area contributed by atoms with E-state index in [9.17, 15) is 26.3 Å². The number of benzene rings is 3. The van der Waals surface area contributed by atoms with Crippen molar-refractivity contribution in [1.82, 2.24) is 0 Å². The highest BCUT2D eigenvalue weighted by atomic mass is 19.3. The summed E-state index contributed by atoms with van der Waals surface area (Å²) in [6.07, 6.45) is -3.27. The quantitative estimate of drug-likeness (QED) is 0.332. The summed E-state index contributed by atoms with van der Waals surface area (Å²) in [6, 6.07) is 11.4.